The maximum absolute atomic E-state index is 8.98. The number of rotatable bonds is 3. The Hall–Kier alpha value is -0.0600. The Morgan fingerprint density at radius 1 is 1.42 bits per heavy atom. The molecule has 1 unspecified atom stereocenters. The fraction of sp³-hybridized carbons (Fsp3) is 0. The van der Waals surface area contributed by atoms with Crippen LogP contribution in [0.4, 0.5) is 5.69 Å². The van der Waals surface area contributed by atoms with Gasteiger partial charge in [0.05, 0.1) is 5.69 Å². The molecule has 0 aliphatic heterocycles. The summed E-state index contributed by atoms with van der Waals surface area (Å²) in [6, 6.07) is 9.13. The van der Waals surface area contributed by atoms with Crippen molar-refractivity contribution in [2.75, 3.05) is 5.48 Å². The van der Waals surface area contributed by atoms with Crippen LogP contribution in [0, 0.1) is 0 Å². The van der Waals surface area contributed by atoms with Crippen LogP contribution in [0.2, 0.25) is 0 Å². The average Bonchev–Trinajstić information content (AvgIpc) is 2.02. The first-order valence-electron chi connectivity index (χ1n) is 3.13. The van der Waals surface area contributed by atoms with Gasteiger partial charge in [0.1, 0.15) is 0 Å². The smallest absolute Gasteiger partial charge is 0.264 e. The first-order valence-corrected chi connectivity index (χ1v) is 6.96. The Balaban J connectivity index is 2.50. The van der Waals surface area contributed by atoms with Crippen LogP contribution in [0.15, 0.2) is 30.3 Å². The van der Waals surface area contributed by atoms with Crippen LogP contribution in [0.25, 0.3) is 0 Å². The van der Waals surface area contributed by atoms with E-state index >= 15 is 0 Å². The Bertz CT molecular complexity index is 287. The van der Waals surface area contributed by atoms with Crippen LogP contribution in [0.3, 0.4) is 0 Å². The minimum absolute atomic E-state index is 0.731. The zero-order chi connectivity index (χ0) is 9.03. The van der Waals surface area contributed by atoms with E-state index in [1.807, 2.05) is 18.2 Å². The summed E-state index contributed by atoms with van der Waals surface area (Å²) in [5, 5.41) is 0. The lowest BCUT2D eigenvalue weighted by Crippen LogP contribution is -1.95. The van der Waals surface area contributed by atoms with Gasteiger partial charge >= 0.3 is 0 Å². The predicted molar refractivity (Wildman–Crippen MR) is 56.6 cm³/mol. The Morgan fingerprint density at radius 3 is 2.50 bits per heavy atom. The SMILES string of the molecule is OP(=S)(S)ONc1ccccc1. The number of para-hydroxylation sites is 1. The fourth-order valence-corrected chi connectivity index (χ4v) is 1.08. The molecule has 66 valence electrons. The molecule has 1 aromatic carbocycles. The zero-order valence-electron chi connectivity index (χ0n) is 6.04. The molecule has 0 saturated carbocycles. The second kappa shape index (κ2) is 4.25. The molecule has 12 heavy (non-hydrogen) atoms. The van der Waals surface area contributed by atoms with E-state index in [2.05, 4.69) is 29.5 Å². The normalized spacial score (nSPS) is 15.2. The molecule has 1 aromatic rings. The summed E-state index contributed by atoms with van der Waals surface area (Å²) in [5.41, 5.74) is 0.320. The summed E-state index contributed by atoms with van der Waals surface area (Å²) in [6.45, 7) is 0. The lowest BCUT2D eigenvalue weighted by Gasteiger charge is -2.09. The van der Waals surface area contributed by atoms with E-state index in [4.69, 9.17) is 9.52 Å². The predicted octanol–water partition coefficient (Wildman–Crippen LogP) is 2.18. The van der Waals surface area contributed by atoms with Gasteiger partial charge in [0.25, 0.3) is 5.69 Å². The molecule has 1 rings (SSSR count). The maximum atomic E-state index is 8.98. The van der Waals surface area contributed by atoms with Gasteiger partial charge in [-0.2, -0.15) is 0 Å². The van der Waals surface area contributed by atoms with Crippen molar-refractivity contribution in [1.29, 1.82) is 0 Å². The maximum Gasteiger partial charge on any atom is 0.264 e. The molecule has 0 saturated heterocycles. The van der Waals surface area contributed by atoms with Crippen molar-refractivity contribution in [3.05, 3.63) is 30.3 Å². The fourth-order valence-electron chi connectivity index (χ4n) is 0.618. The van der Waals surface area contributed by atoms with Gasteiger partial charge in [0.2, 0.25) is 0 Å². The summed E-state index contributed by atoms with van der Waals surface area (Å²) in [7, 11) is 0. The van der Waals surface area contributed by atoms with Crippen LogP contribution >= 0.6 is 17.9 Å². The number of nitrogens with one attached hydrogen (secondary N) is 1. The van der Waals surface area contributed by atoms with Gasteiger partial charge in [-0.1, -0.05) is 30.4 Å². The van der Waals surface area contributed by atoms with Crippen molar-refractivity contribution >= 4 is 35.4 Å². The van der Waals surface area contributed by atoms with Crippen LogP contribution in [0.5, 0.6) is 0 Å². The minimum Gasteiger partial charge on any atom is -0.336 e. The van der Waals surface area contributed by atoms with E-state index in [0.717, 1.165) is 5.69 Å². The first kappa shape index (κ1) is 10.0. The van der Waals surface area contributed by atoms with Gasteiger partial charge in [-0.3, -0.25) is 5.48 Å². The van der Waals surface area contributed by atoms with Crippen molar-refractivity contribution in [3.8, 4) is 0 Å². The highest BCUT2D eigenvalue weighted by Gasteiger charge is 2.05. The number of thiol groups is 1. The van der Waals surface area contributed by atoms with Crippen LogP contribution in [0.1, 0.15) is 0 Å². The monoisotopic (exact) mass is 221 g/mol. The number of hydrogen-bond acceptors (Lipinski definition) is 3. The third-order valence-corrected chi connectivity index (χ3v) is 1.85. The Morgan fingerprint density at radius 2 is 2.00 bits per heavy atom. The summed E-state index contributed by atoms with van der Waals surface area (Å²) >= 11 is 8.21. The van der Waals surface area contributed by atoms with Crippen molar-refractivity contribution in [2.45, 2.75) is 0 Å². The molecule has 0 fully saturated rings. The van der Waals surface area contributed by atoms with E-state index in [0.29, 0.717) is 0 Å². The average molecular weight is 221 g/mol. The highest BCUT2D eigenvalue weighted by Crippen LogP contribution is 2.46. The first-order chi connectivity index (χ1) is 5.58. The topological polar surface area (TPSA) is 41.5 Å². The second-order valence-corrected chi connectivity index (χ2v) is 7.14. The number of anilines is 1. The lowest BCUT2D eigenvalue weighted by molar-refractivity contribution is 0.397. The molecule has 2 N–H and O–H groups in total. The molecule has 3 nitrogen and oxygen atoms in total. The third-order valence-electron chi connectivity index (χ3n) is 1.06. The molecule has 0 amide bonds. The van der Waals surface area contributed by atoms with Crippen molar-refractivity contribution in [3.63, 3.8) is 0 Å². The summed E-state index contributed by atoms with van der Waals surface area (Å²) in [5.74, 6) is 0. The molecule has 0 aliphatic carbocycles. The van der Waals surface area contributed by atoms with Crippen molar-refractivity contribution in [2.24, 2.45) is 0 Å². The largest absolute Gasteiger partial charge is 0.336 e. The van der Waals surface area contributed by atoms with Crippen molar-refractivity contribution in [1.82, 2.24) is 0 Å². The van der Waals surface area contributed by atoms with Crippen LogP contribution in [-0.4, -0.2) is 4.89 Å². The summed E-state index contributed by atoms with van der Waals surface area (Å²) in [4.78, 5) is 8.98. The van der Waals surface area contributed by atoms with E-state index in [-0.39, 0.29) is 0 Å². The lowest BCUT2D eigenvalue weighted by atomic mass is 10.3. The highest BCUT2D eigenvalue weighted by atomic mass is 32.9. The molecule has 0 spiro atoms. The molecule has 0 heterocycles. The van der Waals surface area contributed by atoms with Crippen molar-refractivity contribution < 1.29 is 9.52 Å². The van der Waals surface area contributed by atoms with E-state index in [1.165, 1.54) is 0 Å². The number of benzene rings is 1. The molecule has 0 radical (unpaired) electrons. The van der Waals surface area contributed by atoms with Gasteiger partial charge in [-0.25, -0.2) is 4.62 Å². The molecular weight excluding hydrogens is 213 g/mol. The van der Waals surface area contributed by atoms with Gasteiger partial charge in [-0.05, 0) is 23.9 Å². The number of hydrogen-bond donors (Lipinski definition) is 3. The van der Waals surface area contributed by atoms with E-state index < -0.39 is 5.69 Å². The van der Waals surface area contributed by atoms with Gasteiger partial charge < -0.3 is 4.89 Å². The molecule has 1 atom stereocenters. The molecular formula is C6H8NO2PS2. The summed E-state index contributed by atoms with van der Waals surface area (Å²) in [6.07, 6.45) is 0. The molecule has 0 aromatic heterocycles. The van der Waals surface area contributed by atoms with Gasteiger partial charge in [0.15, 0.2) is 0 Å². The van der Waals surface area contributed by atoms with Crippen LogP contribution < -0.4 is 5.48 Å². The quantitative estimate of drug-likeness (QED) is 0.416. The van der Waals surface area contributed by atoms with E-state index in [1.54, 1.807) is 12.1 Å². The van der Waals surface area contributed by atoms with Gasteiger partial charge in [0, 0.05) is 0 Å². The van der Waals surface area contributed by atoms with E-state index in [9.17, 15) is 0 Å². The van der Waals surface area contributed by atoms with Gasteiger partial charge in [-0.15, -0.1) is 0 Å². The minimum atomic E-state index is -2.91. The highest BCUT2D eigenvalue weighted by molar-refractivity contribution is 8.59. The van der Waals surface area contributed by atoms with Crippen LogP contribution in [-0.2, 0) is 16.4 Å². The molecule has 0 aliphatic rings. The second-order valence-electron chi connectivity index (χ2n) is 2.05. The molecule has 6 heteroatoms. The zero-order valence-corrected chi connectivity index (χ0v) is 8.65. The standard InChI is InChI=1S/C6H8NO2PS2/c8-10(11,12)9-7-6-4-2-1-3-5-6/h1-5,7H,(H2,8,11,12). The molecule has 0 bridgehead atoms. The third kappa shape index (κ3) is 4.09. The Labute approximate surface area is 81.0 Å². The summed E-state index contributed by atoms with van der Waals surface area (Å²) < 4.78 is 4.71. The Kier molecular flexibility index (Phi) is 3.55.